The fourth-order valence-corrected chi connectivity index (χ4v) is 4.34. The molecular formula is C15H19FN2O3S. The fourth-order valence-electron chi connectivity index (χ4n) is 2.88. The molecular weight excluding hydrogens is 307 g/mol. The second-order valence-corrected chi connectivity index (χ2v) is 7.63. The van der Waals surface area contributed by atoms with Gasteiger partial charge in [0.05, 0.1) is 11.8 Å². The van der Waals surface area contributed by atoms with Crippen LogP contribution in [0.2, 0.25) is 0 Å². The zero-order chi connectivity index (χ0) is 15.7. The van der Waals surface area contributed by atoms with E-state index in [4.69, 9.17) is 4.42 Å². The number of furan rings is 1. The lowest BCUT2D eigenvalue weighted by Gasteiger charge is -2.14. The first-order chi connectivity index (χ1) is 10.5. The van der Waals surface area contributed by atoms with E-state index in [9.17, 15) is 12.8 Å². The zero-order valence-electron chi connectivity index (χ0n) is 12.4. The second kappa shape index (κ2) is 5.98. The average Bonchev–Trinajstić information content (AvgIpc) is 3.05. The molecule has 0 spiro atoms. The highest BCUT2D eigenvalue weighted by Crippen LogP contribution is 2.24. The summed E-state index contributed by atoms with van der Waals surface area (Å²) in [7, 11) is -3.24. The molecule has 0 saturated carbocycles. The summed E-state index contributed by atoms with van der Waals surface area (Å²) < 4.78 is 45.4. The molecule has 5 nitrogen and oxygen atoms in total. The third-order valence-electron chi connectivity index (χ3n) is 3.92. The quantitative estimate of drug-likeness (QED) is 0.914. The van der Waals surface area contributed by atoms with Crippen LogP contribution in [0.15, 0.2) is 28.7 Å². The first-order valence-electron chi connectivity index (χ1n) is 7.37. The number of hydrogen-bond acceptors (Lipinski definition) is 4. The van der Waals surface area contributed by atoms with Crippen LogP contribution in [0.3, 0.4) is 0 Å². The van der Waals surface area contributed by atoms with Gasteiger partial charge in [0.1, 0.15) is 17.2 Å². The van der Waals surface area contributed by atoms with Crippen molar-refractivity contribution in [3.8, 4) is 0 Å². The number of sulfonamides is 1. The summed E-state index contributed by atoms with van der Waals surface area (Å²) >= 11 is 0. The molecule has 1 aromatic heterocycles. The van der Waals surface area contributed by atoms with E-state index in [1.807, 2.05) is 11.0 Å². The van der Waals surface area contributed by atoms with Gasteiger partial charge in [-0.15, -0.1) is 0 Å². The molecule has 2 heterocycles. The van der Waals surface area contributed by atoms with Crippen LogP contribution in [0.1, 0.15) is 19.1 Å². The first kappa shape index (κ1) is 15.5. The Hall–Kier alpha value is -1.44. The van der Waals surface area contributed by atoms with E-state index in [0.29, 0.717) is 38.2 Å². The van der Waals surface area contributed by atoms with Gasteiger partial charge in [-0.25, -0.2) is 17.5 Å². The molecule has 0 unspecified atom stereocenters. The Labute approximate surface area is 129 Å². The molecule has 7 heteroatoms. The normalized spacial score (nSPS) is 20.0. The van der Waals surface area contributed by atoms with E-state index in [-0.39, 0.29) is 11.1 Å². The summed E-state index contributed by atoms with van der Waals surface area (Å²) in [6, 6.07) is 6.22. The van der Waals surface area contributed by atoms with E-state index < -0.39 is 10.0 Å². The van der Waals surface area contributed by atoms with Crippen molar-refractivity contribution in [2.45, 2.75) is 25.1 Å². The number of nitrogens with zero attached hydrogens (tertiary/aromatic N) is 1. The minimum atomic E-state index is -3.24. The lowest BCUT2D eigenvalue weighted by Crippen LogP contribution is -2.36. The standard InChI is InChI=1S/C15H19FN2O3S/c1-2-17-22(19,20)14-5-6-18(10-14)9-13-8-11-7-12(16)3-4-15(11)21-13/h3-4,7-8,14,17H,2,5-6,9-10H2,1H3/t14-/m0/s1. The number of rotatable bonds is 5. The Bertz CT molecular complexity index is 772. The maximum atomic E-state index is 13.2. The number of likely N-dealkylation sites (tertiary alicyclic amines) is 1. The van der Waals surface area contributed by atoms with E-state index in [1.54, 1.807) is 13.0 Å². The highest BCUT2D eigenvalue weighted by molar-refractivity contribution is 7.90. The van der Waals surface area contributed by atoms with Crippen molar-refractivity contribution in [1.82, 2.24) is 9.62 Å². The fraction of sp³-hybridized carbons (Fsp3) is 0.467. The lowest BCUT2D eigenvalue weighted by molar-refractivity contribution is 0.302. The largest absolute Gasteiger partial charge is 0.460 e. The van der Waals surface area contributed by atoms with E-state index >= 15 is 0 Å². The lowest BCUT2D eigenvalue weighted by atomic mass is 10.2. The molecule has 22 heavy (non-hydrogen) atoms. The van der Waals surface area contributed by atoms with Crippen LogP contribution in [0.25, 0.3) is 11.0 Å². The summed E-state index contributed by atoms with van der Waals surface area (Å²) in [5.74, 6) is 0.430. The molecule has 1 aromatic carbocycles. The Morgan fingerprint density at radius 2 is 2.23 bits per heavy atom. The molecule has 1 aliphatic heterocycles. The molecule has 1 aliphatic rings. The monoisotopic (exact) mass is 326 g/mol. The topological polar surface area (TPSA) is 62.6 Å². The third kappa shape index (κ3) is 3.16. The predicted molar refractivity (Wildman–Crippen MR) is 82.5 cm³/mol. The van der Waals surface area contributed by atoms with Crippen LogP contribution in [0.5, 0.6) is 0 Å². The highest BCUT2D eigenvalue weighted by atomic mass is 32.2. The van der Waals surface area contributed by atoms with Crippen molar-refractivity contribution < 1.29 is 17.2 Å². The van der Waals surface area contributed by atoms with Crippen LogP contribution >= 0.6 is 0 Å². The summed E-state index contributed by atoms with van der Waals surface area (Å²) in [4.78, 5) is 2.05. The van der Waals surface area contributed by atoms with Crippen LogP contribution in [-0.2, 0) is 16.6 Å². The number of hydrogen-bond donors (Lipinski definition) is 1. The van der Waals surface area contributed by atoms with Gasteiger partial charge in [0.15, 0.2) is 0 Å². The molecule has 1 N–H and O–H groups in total. The van der Waals surface area contributed by atoms with Crippen molar-refractivity contribution in [2.75, 3.05) is 19.6 Å². The minimum absolute atomic E-state index is 0.294. The van der Waals surface area contributed by atoms with Gasteiger partial charge < -0.3 is 4.42 Å². The van der Waals surface area contributed by atoms with Crippen molar-refractivity contribution in [2.24, 2.45) is 0 Å². The molecule has 1 saturated heterocycles. The van der Waals surface area contributed by atoms with Gasteiger partial charge in [-0.2, -0.15) is 0 Å². The molecule has 1 atom stereocenters. The maximum Gasteiger partial charge on any atom is 0.215 e. The molecule has 3 rings (SSSR count). The van der Waals surface area contributed by atoms with E-state index in [0.717, 1.165) is 11.1 Å². The Balaban J connectivity index is 1.69. The molecule has 1 fully saturated rings. The highest BCUT2D eigenvalue weighted by Gasteiger charge is 2.32. The SMILES string of the molecule is CCNS(=O)(=O)[C@H]1CCN(Cc2cc3cc(F)ccc3o2)C1. The number of benzene rings is 1. The van der Waals surface area contributed by atoms with Gasteiger partial charge in [0, 0.05) is 25.0 Å². The summed E-state index contributed by atoms with van der Waals surface area (Å²) in [5, 5.41) is 0.347. The number of fused-ring (bicyclic) bond motifs is 1. The van der Waals surface area contributed by atoms with E-state index in [2.05, 4.69) is 4.72 Å². The van der Waals surface area contributed by atoms with Crippen LogP contribution in [0, 0.1) is 5.82 Å². The molecule has 0 aliphatic carbocycles. The second-order valence-electron chi connectivity index (χ2n) is 5.58. The van der Waals surface area contributed by atoms with Gasteiger partial charge in [-0.05, 0) is 30.7 Å². The van der Waals surface area contributed by atoms with Crippen molar-refractivity contribution in [3.05, 3.63) is 35.8 Å². The number of nitrogens with one attached hydrogen (secondary N) is 1. The molecule has 0 amide bonds. The number of halogens is 1. The van der Waals surface area contributed by atoms with Crippen LogP contribution in [0.4, 0.5) is 4.39 Å². The van der Waals surface area contributed by atoms with Gasteiger partial charge in [-0.1, -0.05) is 6.92 Å². The zero-order valence-corrected chi connectivity index (χ0v) is 13.2. The molecule has 120 valence electrons. The Morgan fingerprint density at radius 3 is 3.00 bits per heavy atom. The first-order valence-corrected chi connectivity index (χ1v) is 8.91. The summed E-state index contributed by atoms with van der Waals surface area (Å²) in [5.41, 5.74) is 0.646. The molecule has 2 aromatic rings. The van der Waals surface area contributed by atoms with Gasteiger partial charge in [0.2, 0.25) is 10.0 Å². The van der Waals surface area contributed by atoms with Crippen molar-refractivity contribution >= 4 is 21.0 Å². The van der Waals surface area contributed by atoms with Gasteiger partial charge >= 0.3 is 0 Å². The van der Waals surface area contributed by atoms with Crippen molar-refractivity contribution in [1.29, 1.82) is 0 Å². The molecule has 0 bridgehead atoms. The van der Waals surface area contributed by atoms with Gasteiger partial charge in [0.25, 0.3) is 0 Å². The van der Waals surface area contributed by atoms with Crippen LogP contribution < -0.4 is 4.72 Å². The minimum Gasteiger partial charge on any atom is -0.460 e. The average molecular weight is 326 g/mol. The maximum absolute atomic E-state index is 13.2. The van der Waals surface area contributed by atoms with E-state index in [1.165, 1.54) is 12.1 Å². The molecule has 0 radical (unpaired) electrons. The third-order valence-corrected chi connectivity index (χ3v) is 5.88. The van der Waals surface area contributed by atoms with Crippen molar-refractivity contribution in [3.63, 3.8) is 0 Å². The summed E-state index contributed by atoms with van der Waals surface area (Å²) in [6.07, 6.45) is 0.615. The predicted octanol–water partition coefficient (Wildman–Crippen LogP) is 2.09. The Kier molecular flexibility index (Phi) is 4.20. The van der Waals surface area contributed by atoms with Crippen LogP contribution in [-0.4, -0.2) is 38.2 Å². The summed E-state index contributed by atoms with van der Waals surface area (Å²) in [6.45, 7) is 3.92. The smallest absolute Gasteiger partial charge is 0.215 e. The van der Waals surface area contributed by atoms with Gasteiger partial charge in [-0.3, -0.25) is 4.90 Å². The Morgan fingerprint density at radius 1 is 1.41 bits per heavy atom.